The van der Waals surface area contributed by atoms with Crippen molar-refractivity contribution in [3.05, 3.63) is 93.7 Å². The quantitative estimate of drug-likeness (QED) is 0.291. The molecule has 8 nitrogen and oxygen atoms in total. The summed E-state index contributed by atoms with van der Waals surface area (Å²) in [6.45, 7) is 0.442. The minimum absolute atomic E-state index is 0.147. The number of benzene rings is 2. The highest BCUT2D eigenvalue weighted by atomic mass is 32.1. The van der Waals surface area contributed by atoms with Crippen LogP contribution in [0.25, 0.3) is 22.4 Å². The van der Waals surface area contributed by atoms with Crippen LogP contribution in [-0.2, 0) is 27.2 Å². The molecule has 0 aliphatic heterocycles. The molecule has 38 heavy (non-hydrogen) atoms. The van der Waals surface area contributed by atoms with E-state index in [1.165, 1.54) is 16.2 Å². The number of rotatable bonds is 11. The van der Waals surface area contributed by atoms with E-state index in [-0.39, 0.29) is 17.9 Å². The molecule has 1 amide bonds. The molecule has 0 radical (unpaired) electrons. The first-order chi connectivity index (χ1) is 18.4. The second-order valence-corrected chi connectivity index (χ2v) is 9.76. The summed E-state index contributed by atoms with van der Waals surface area (Å²) in [7, 11) is 3.22. The Kier molecular flexibility index (Phi) is 8.83. The van der Waals surface area contributed by atoms with Gasteiger partial charge in [0.05, 0.1) is 24.6 Å². The third-order valence-electron chi connectivity index (χ3n) is 6.27. The Balaban J connectivity index is 1.61. The molecule has 2 heterocycles. The largest absolute Gasteiger partial charge is 0.481 e. The Hall–Kier alpha value is -4.08. The van der Waals surface area contributed by atoms with Crippen molar-refractivity contribution in [3.63, 3.8) is 0 Å². The van der Waals surface area contributed by atoms with Crippen molar-refractivity contribution >= 4 is 28.3 Å². The van der Waals surface area contributed by atoms with Crippen molar-refractivity contribution in [3.8, 4) is 22.4 Å². The maximum Gasteiger partial charge on any atom is 0.304 e. The van der Waals surface area contributed by atoms with Crippen LogP contribution < -0.4 is 10.5 Å². The van der Waals surface area contributed by atoms with Gasteiger partial charge >= 0.3 is 5.97 Å². The number of aromatic nitrogens is 2. The molecule has 2 aromatic heterocycles. The number of carboxylic acids is 1. The van der Waals surface area contributed by atoms with Crippen molar-refractivity contribution in [2.24, 2.45) is 5.92 Å². The maximum absolute atomic E-state index is 13.4. The minimum Gasteiger partial charge on any atom is -0.481 e. The number of aromatic amines is 1. The zero-order valence-electron chi connectivity index (χ0n) is 21.2. The summed E-state index contributed by atoms with van der Waals surface area (Å²) >= 11 is 1.32. The molecule has 0 bridgehead atoms. The number of hydrogen-bond donors (Lipinski definition) is 2. The Morgan fingerprint density at radius 1 is 1.11 bits per heavy atom. The van der Waals surface area contributed by atoms with E-state index >= 15 is 0 Å². The third kappa shape index (κ3) is 6.42. The van der Waals surface area contributed by atoms with Gasteiger partial charge in [-0.3, -0.25) is 19.3 Å². The van der Waals surface area contributed by atoms with Gasteiger partial charge in [0.25, 0.3) is 5.56 Å². The van der Waals surface area contributed by atoms with Gasteiger partial charge in [0.15, 0.2) is 5.13 Å². The smallest absolute Gasteiger partial charge is 0.304 e. The molecule has 0 fully saturated rings. The molecule has 4 rings (SSSR count). The lowest BCUT2D eigenvalue weighted by Crippen LogP contribution is -2.35. The van der Waals surface area contributed by atoms with Gasteiger partial charge < -0.3 is 14.8 Å². The predicted molar refractivity (Wildman–Crippen MR) is 148 cm³/mol. The average molecular weight is 532 g/mol. The van der Waals surface area contributed by atoms with Crippen LogP contribution in [0.15, 0.2) is 77.0 Å². The van der Waals surface area contributed by atoms with Crippen LogP contribution in [0.2, 0.25) is 0 Å². The number of hydrogen-bond acceptors (Lipinski definition) is 6. The summed E-state index contributed by atoms with van der Waals surface area (Å²) in [5.41, 5.74) is 4.66. The number of carboxylic acid groups (broad SMARTS) is 1. The van der Waals surface area contributed by atoms with Crippen molar-refractivity contribution < 1.29 is 19.4 Å². The number of aliphatic carboxylic acids is 1. The molecule has 4 aromatic rings. The first kappa shape index (κ1) is 27.0. The Morgan fingerprint density at radius 2 is 1.82 bits per heavy atom. The standard InChI is InChI=1S/C29H29N3O5S/c1-32(28(36)21(16-26(33)34)14-19-8-4-3-5-9-19)29-31-25(18-38-29)24-11-7-6-10-23(24)22-15-20(12-13-37-2)27(35)30-17-22/h3-11,15,17-18,21H,12-14,16H2,1-2H3,(H,30,35)(H,33,34)/t21-/m1/s1. The monoisotopic (exact) mass is 531 g/mol. The van der Waals surface area contributed by atoms with Crippen LogP contribution in [0.4, 0.5) is 5.13 Å². The van der Waals surface area contributed by atoms with E-state index in [0.29, 0.717) is 35.8 Å². The van der Waals surface area contributed by atoms with E-state index in [4.69, 9.17) is 9.72 Å². The number of nitrogens with one attached hydrogen (secondary N) is 1. The molecule has 0 saturated heterocycles. The van der Waals surface area contributed by atoms with Crippen LogP contribution in [0.1, 0.15) is 17.5 Å². The van der Waals surface area contributed by atoms with Gasteiger partial charge in [-0.2, -0.15) is 0 Å². The molecule has 0 aliphatic rings. The Bertz CT molecular complexity index is 1460. The highest BCUT2D eigenvalue weighted by molar-refractivity contribution is 7.14. The number of carbonyl (C=O) groups is 2. The number of carbonyl (C=O) groups excluding carboxylic acids is 1. The fourth-order valence-corrected chi connectivity index (χ4v) is 5.10. The highest BCUT2D eigenvalue weighted by Gasteiger charge is 2.27. The molecule has 2 aromatic carbocycles. The lowest BCUT2D eigenvalue weighted by Gasteiger charge is -2.21. The lowest BCUT2D eigenvalue weighted by molar-refractivity contribution is -0.140. The molecule has 9 heteroatoms. The minimum atomic E-state index is -1.02. The summed E-state index contributed by atoms with van der Waals surface area (Å²) in [6, 6.07) is 19.0. The van der Waals surface area contributed by atoms with E-state index in [0.717, 1.165) is 22.3 Å². The lowest BCUT2D eigenvalue weighted by atomic mass is 9.95. The summed E-state index contributed by atoms with van der Waals surface area (Å²) in [5.74, 6) is -2.03. The molecule has 0 aliphatic carbocycles. The van der Waals surface area contributed by atoms with Crippen molar-refractivity contribution in [2.75, 3.05) is 25.7 Å². The second kappa shape index (κ2) is 12.4. The summed E-state index contributed by atoms with van der Waals surface area (Å²) in [4.78, 5) is 46.1. The number of nitrogens with zero attached hydrogens (tertiary/aromatic N) is 2. The number of methoxy groups -OCH3 is 1. The van der Waals surface area contributed by atoms with Gasteiger partial charge in [0.1, 0.15) is 0 Å². The van der Waals surface area contributed by atoms with Gasteiger partial charge in [-0.1, -0.05) is 54.6 Å². The van der Waals surface area contributed by atoms with Gasteiger partial charge in [-0.15, -0.1) is 11.3 Å². The average Bonchev–Trinajstić information content (AvgIpc) is 3.42. The number of H-pyrrole nitrogens is 1. The maximum atomic E-state index is 13.4. The molecule has 196 valence electrons. The molecule has 0 unspecified atom stereocenters. The van der Waals surface area contributed by atoms with Crippen LogP contribution in [-0.4, -0.2) is 47.7 Å². The SMILES string of the molecule is COCCc1cc(-c2ccccc2-c2csc(N(C)C(=O)[C@@H](CC(=O)O)Cc3ccccc3)n2)c[nH]c1=O. The normalized spacial score (nSPS) is 11.7. The Morgan fingerprint density at radius 3 is 2.53 bits per heavy atom. The van der Waals surface area contributed by atoms with E-state index in [1.54, 1.807) is 20.4 Å². The van der Waals surface area contributed by atoms with Gasteiger partial charge in [0.2, 0.25) is 5.91 Å². The van der Waals surface area contributed by atoms with Crippen LogP contribution in [0.5, 0.6) is 0 Å². The summed E-state index contributed by atoms with van der Waals surface area (Å²) < 4.78 is 5.13. The zero-order chi connectivity index (χ0) is 27.1. The molecule has 0 saturated carbocycles. The first-order valence-corrected chi connectivity index (χ1v) is 13.0. The number of thiazole rings is 1. The predicted octanol–water partition coefficient (Wildman–Crippen LogP) is 4.65. The topological polar surface area (TPSA) is 113 Å². The van der Waals surface area contributed by atoms with E-state index in [2.05, 4.69) is 4.98 Å². The van der Waals surface area contributed by atoms with Crippen molar-refractivity contribution in [1.82, 2.24) is 9.97 Å². The fourth-order valence-electron chi connectivity index (χ4n) is 4.31. The fraction of sp³-hybridized carbons (Fsp3) is 0.241. The van der Waals surface area contributed by atoms with E-state index in [1.807, 2.05) is 66.0 Å². The van der Waals surface area contributed by atoms with Gasteiger partial charge in [-0.05, 0) is 29.2 Å². The number of amides is 1. The molecular weight excluding hydrogens is 502 g/mol. The van der Waals surface area contributed by atoms with Crippen LogP contribution in [0, 0.1) is 5.92 Å². The number of pyridine rings is 1. The summed E-state index contributed by atoms with van der Waals surface area (Å²) in [5, 5.41) is 11.8. The molecular formula is C29H29N3O5S. The summed E-state index contributed by atoms with van der Waals surface area (Å²) in [6.07, 6.45) is 2.24. The van der Waals surface area contributed by atoms with Crippen LogP contribution in [0.3, 0.4) is 0 Å². The van der Waals surface area contributed by atoms with Gasteiger partial charge in [-0.25, -0.2) is 4.98 Å². The van der Waals surface area contributed by atoms with Crippen LogP contribution >= 0.6 is 11.3 Å². The Labute approximate surface area is 224 Å². The van der Waals surface area contributed by atoms with Gasteiger partial charge in [0, 0.05) is 43.3 Å². The molecule has 1 atom stereocenters. The highest BCUT2D eigenvalue weighted by Crippen LogP contribution is 2.35. The molecule has 2 N–H and O–H groups in total. The third-order valence-corrected chi connectivity index (χ3v) is 7.19. The number of ether oxygens (including phenoxy) is 1. The zero-order valence-corrected chi connectivity index (χ0v) is 22.0. The van der Waals surface area contributed by atoms with Crippen molar-refractivity contribution in [1.29, 1.82) is 0 Å². The van der Waals surface area contributed by atoms with E-state index < -0.39 is 11.9 Å². The first-order valence-electron chi connectivity index (χ1n) is 12.2. The van der Waals surface area contributed by atoms with Crippen molar-refractivity contribution in [2.45, 2.75) is 19.3 Å². The van der Waals surface area contributed by atoms with E-state index in [9.17, 15) is 19.5 Å². The molecule has 0 spiro atoms. The second-order valence-electron chi connectivity index (χ2n) is 8.93. The number of anilines is 1.